The molecule has 0 bridgehead atoms. The predicted molar refractivity (Wildman–Crippen MR) is 79.0 cm³/mol. The molecule has 2 N–H and O–H groups in total. The van der Waals surface area contributed by atoms with Gasteiger partial charge in [0, 0.05) is 24.6 Å². The third-order valence-electron chi connectivity index (χ3n) is 3.47. The fraction of sp³-hybridized carbons (Fsp3) is 0.625. The van der Waals surface area contributed by atoms with Gasteiger partial charge in [0.1, 0.15) is 11.4 Å². The van der Waals surface area contributed by atoms with Crippen molar-refractivity contribution in [2.75, 3.05) is 26.4 Å². The molecule has 4 heteroatoms. The summed E-state index contributed by atoms with van der Waals surface area (Å²) < 4.78 is 11.3. The van der Waals surface area contributed by atoms with Gasteiger partial charge in [0.25, 0.3) is 0 Å². The van der Waals surface area contributed by atoms with Crippen molar-refractivity contribution in [3.8, 4) is 5.75 Å². The SMILES string of the molecule is CC1(C)CC(NCCCOCCO)c2ccccc2O1. The quantitative estimate of drug-likeness (QED) is 0.752. The molecule has 2 rings (SSSR count). The second kappa shape index (κ2) is 7.07. The molecule has 0 amide bonds. The van der Waals surface area contributed by atoms with Crippen LogP contribution in [0.15, 0.2) is 24.3 Å². The molecule has 1 heterocycles. The molecular formula is C16H25NO3. The van der Waals surface area contributed by atoms with Gasteiger partial charge in [-0.25, -0.2) is 0 Å². The second-order valence-corrected chi connectivity index (χ2v) is 5.80. The highest BCUT2D eigenvalue weighted by Crippen LogP contribution is 2.38. The van der Waals surface area contributed by atoms with E-state index in [1.165, 1.54) is 5.56 Å². The summed E-state index contributed by atoms with van der Waals surface area (Å²) in [5, 5.41) is 12.2. The summed E-state index contributed by atoms with van der Waals surface area (Å²) in [6.07, 6.45) is 1.90. The largest absolute Gasteiger partial charge is 0.487 e. The molecule has 1 aromatic rings. The highest BCUT2D eigenvalue weighted by molar-refractivity contribution is 5.38. The van der Waals surface area contributed by atoms with Crippen LogP contribution in [0.3, 0.4) is 0 Å². The van der Waals surface area contributed by atoms with Crippen LogP contribution in [-0.2, 0) is 4.74 Å². The van der Waals surface area contributed by atoms with Crippen LogP contribution in [-0.4, -0.2) is 37.1 Å². The fourth-order valence-electron chi connectivity index (χ4n) is 2.60. The number of nitrogens with one attached hydrogen (secondary N) is 1. The van der Waals surface area contributed by atoms with E-state index in [1.54, 1.807) is 0 Å². The molecule has 20 heavy (non-hydrogen) atoms. The lowest BCUT2D eigenvalue weighted by atomic mass is 9.89. The van der Waals surface area contributed by atoms with E-state index in [0.717, 1.165) is 25.1 Å². The first-order valence-corrected chi connectivity index (χ1v) is 7.32. The Balaban J connectivity index is 1.87. The van der Waals surface area contributed by atoms with E-state index in [9.17, 15) is 0 Å². The van der Waals surface area contributed by atoms with Crippen LogP contribution in [0.1, 0.15) is 38.3 Å². The van der Waals surface area contributed by atoms with E-state index < -0.39 is 0 Å². The molecule has 0 saturated carbocycles. The van der Waals surface area contributed by atoms with Crippen LogP contribution in [0.25, 0.3) is 0 Å². The van der Waals surface area contributed by atoms with E-state index in [0.29, 0.717) is 19.3 Å². The third kappa shape index (κ3) is 4.20. The van der Waals surface area contributed by atoms with E-state index >= 15 is 0 Å². The van der Waals surface area contributed by atoms with E-state index in [1.807, 2.05) is 12.1 Å². The van der Waals surface area contributed by atoms with Crippen LogP contribution in [0.5, 0.6) is 5.75 Å². The average molecular weight is 279 g/mol. The number of benzene rings is 1. The molecule has 0 spiro atoms. The van der Waals surface area contributed by atoms with Crippen molar-refractivity contribution in [3.05, 3.63) is 29.8 Å². The Morgan fingerprint density at radius 2 is 2.15 bits per heavy atom. The normalized spacial score (nSPS) is 20.2. The van der Waals surface area contributed by atoms with Gasteiger partial charge in [-0.05, 0) is 32.9 Å². The minimum Gasteiger partial charge on any atom is -0.487 e. The average Bonchev–Trinajstić information content (AvgIpc) is 2.41. The zero-order chi connectivity index (χ0) is 14.4. The minimum atomic E-state index is -0.139. The summed E-state index contributed by atoms with van der Waals surface area (Å²) in [4.78, 5) is 0. The molecular weight excluding hydrogens is 254 g/mol. The Kier molecular flexibility index (Phi) is 5.40. The minimum absolute atomic E-state index is 0.0922. The number of fused-ring (bicyclic) bond motifs is 1. The Labute approximate surface area is 121 Å². The molecule has 0 aromatic heterocycles. The molecule has 1 unspecified atom stereocenters. The third-order valence-corrected chi connectivity index (χ3v) is 3.47. The number of hydrogen-bond donors (Lipinski definition) is 2. The molecule has 0 radical (unpaired) electrons. The Morgan fingerprint density at radius 3 is 2.95 bits per heavy atom. The number of ether oxygens (including phenoxy) is 2. The second-order valence-electron chi connectivity index (χ2n) is 5.80. The maximum atomic E-state index is 8.64. The monoisotopic (exact) mass is 279 g/mol. The Hall–Kier alpha value is -1.10. The lowest BCUT2D eigenvalue weighted by Gasteiger charge is -2.38. The Morgan fingerprint density at radius 1 is 1.35 bits per heavy atom. The summed E-state index contributed by atoms with van der Waals surface area (Å²) >= 11 is 0. The first-order valence-electron chi connectivity index (χ1n) is 7.32. The van der Waals surface area contributed by atoms with E-state index in [-0.39, 0.29) is 12.2 Å². The predicted octanol–water partition coefficient (Wildman–Crippen LogP) is 2.28. The number of aliphatic hydroxyl groups is 1. The molecule has 1 aliphatic rings. The number of para-hydroxylation sites is 1. The lowest BCUT2D eigenvalue weighted by molar-refractivity contribution is 0.0640. The molecule has 4 nitrogen and oxygen atoms in total. The topological polar surface area (TPSA) is 50.7 Å². The fourth-order valence-corrected chi connectivity index (χ4v) is 2.60. The molecule has 1 aliphatic heterocycles. The van der Waals surface area contributed by atoms with Crippen molar-refractivity contribution in [2.45, 2.75) is 38.3 Å². The van der Waals surface area contributed by atoms with Crippen molar-refractivity contribution >= 4 is 0 Å². The number of rotatable bonds is 7. The first kappa shape index (κ1) is 15.3. The van der Waals surface area contributed by atoms with Gasteiger partial charge in [0.05, 0.1) is 13.2 Å². The molecule has 0 saturated heterocycles. The van der Waals surface area contributed by atoms with E-state index in [2.05, 4.69) is 31.3 Å². The molecule has 1 aromatic carbocycles. The molecule has 0 aliphatic carbocycles. The smallest absolute Gasteiger partial charge is 0.124 e. The van der Waals surface area contributed by atoms with Crippen LogP contribution < -0.4 is 10.1 Å². The van der Waals surface area contributed by atoms with Gasteiger partial charge >= 0.3 is 0 Å². The number of hydrogen-bond acceptors (Lipinski definition) is 4. The number of aliphatic hydroxyl groups excluding tert-OH is 1. The molecule has 1 atom stereocenters. The summed E-state index contributed by atoms with van der Waals surface area (Å²) in [6.45, 7) is 6.36. The highest BCUT2D eigenvalue weighted by atomic mass is 16.5. The first-order chi connectivity index (χ1) is 9.62. The standard InChI is InChI=1S/C16H25NO3/c1-16(2)12-14(17-8-5-10-19-11-9-18)13-6-3-4-7-15(13)20-16/h3-4,6-7,14,17-18H,5,8-12H2,1-2H3. The maximum absolute atomic E-state index is 8.64. The molecule has 0 fully saturated rings. The van der Waals surface area contributed by atoms with Crippen molar-refractivity contribution in [2.24, 2.45) is 0 Å². The van der Waals surface area contributed by atoms with Crippen molar-refractivity contribution in [3.63, 3.8) is 0 Å². The van der Waals surface area contributed by atoms with Crippen molar-refractivity contribution in [1.29, 1.82) is 0 Å². The molecule has 112 valence electrons. The van der Waals surface area contributed by atoms with E-state index in [4.69, 9.17) is 14.6 Å². The Bertz CT molecular complexity index is 420. The van der Waals surface area contributed by atoms with Crippen molar-refractivity contribution in [1.82, 2.24) is 5.32 Å². The summed E-state index contributed by atoms with van der Waals surface area (Å²) in [5.74, 6) is 0.984. The summed E-state index contributed by atoms with van der Waals surface area (Å²) in [6, 6.07) is 8.56. The van der Waals surface area contributed by atoms with Gasteiger partial charge in [-0.15, -0.1) is 0 Å². The van der Waals surface area contributed by atoms with Crippen LogP contribution >= 0.6 is 0 Å². The summed E-state index contributed by atoms with van der Waals surface area (Å²) in [7, 11) is 0. The van der Waals surface area contributed by atoms with Gasteiger partial charge in [0.15, 0.2) is 0 Å². The van der Waals surface area contributed by atoms with Crippen molar-refractivity contribution < 1.29 is 14.6 Å². The van der Waals surface area contributed by atoms with Gasteiger partial charge in [-0.1, -0.05) is 18.2 Å². The zero-order valence-electron chi connectivity index (χ0n) is 12.4. The van der Waals surface area contributed by atoms with Crippen LogP contribution in [0, 0.1) is 0 Å². The van der Waals surface area contributed by atoms with Gasteiger partial charge in [-0.3, -0.25) is 0 Å². The van der Waals surface area contributed by atoms with Crippen LogP contribution in [0.2, 0.25) is 0 Å². The lowest BCUT2D eigenvalue weighted by Crippen LogP contribution is -2.39. The highest BCUT2D eigenvalue weighted by Gasteiger charge is 2.32. The zero-order valence-corrected chi connectivity index (χ0v) is 12.4. The van der Waals surface area contributed by atoms with Gasteiger partial charge in [-0.2, -0.15) is 0 Å². The van der Waals surface area contributed by atoms with Gasteiger partial charge < -0.3 is 19.9 Å². The van der Waals surface area contributed by atoms with Crippen LogP contribution in [0.4, 0.5) is 0 Å². The van der Waals surface area contributed by atoms with Gasteiger partial charge in [0.2, 0.25) is 0 Å². The maximum Gasteiger partial charge on any atom is 0.124 e. The summed E-state index contributed by atoms with van der Waals surface area (Å²) in [5.41, 5.74) is 1.10.